The smallest absolute Gasteiger partial charge is 0.156 e. The van der Waals surface area contributed by atoms with Crippen molar-refractivity contribution in [2.75, 3.05) is 20.1 Å². The summed E-state index contributed by atoms with van der Waals surface area (Å²) in [6.45, 7) is 4.71. The van der Waals surface area contributed by atoms with Gasteiger partial charge in [-0.2, -0.15) is 5.21 Å². The molecule has 0 radical (unpaired) electrons. The highest BCUT2D eigenvalue weighted by molar-refractivity contribution is 5.74. The second-order valence-electron chi connectivity index (χ2n) is 7.10. The number of quaternary nitrogens is 1. The van der Waals surface area contributed by atoms with Crippen LogP contribution < -0.4 is 0 Å². The number of aryl methyl sites for hydroxylation is 2. The zero-order valence-electron chi connectivity index (χ0n) is 16.0. The maximum atomic E-state index is 11.7. The molecule has 0 saturated heterocycles. The molecule has 144 valence electrons. The van der Waals surface area contributed by atoms with Gasteiger partial charge in [-0.05, 0) is 48.7 Å². The van der Waals surface area contributed by atoms with E-state index in [2.05, 4.69) is 19.9 Å². The third-order valence-electron chi connectivity index (χ3n) is 5.00. The Morgan fingerprint density at radius 3 is 2.64 bits per heavy atom. The zero-order chi connectivity index (χ0) is 19.9. The lowest BCUT2D eigenvalue weighted by Gasteiger charge is -2.36. The van der Waals surface area contributed by atoms with Gasteiger partial charge in [-0.25, -0.2) is 4.98 Å². The summed E-state index contributed by atoms with van der Waals surface area (Å²) in [6, 6.07) is 5.95. The second-order valence-corrected chi connectivity index (χ2v) is 7.10. The molecule has 1 unspecified atom stereocenters. The van der Waals surface area contributed by atoms with Crippen LogP contribution in [-0.2, 0) is 0 Å². The molecule has 0 aromatic carbocycles. The van der Waals surface area contributed by atoms with Crippen molar-refractivity contribution in [3.8, 4) is 22.6 Å². The Labute approximate surface area is 162 Å². The number of pyridine rings is 2. The summed E-state index contributed by atoms with van der Waals surface area (Å²) in [5.41, 5.74) is 6.57. The van der Waals surface area contributed by atoms with Gasteiger partial charge in [0.1, 0.15) is 12.7 Å². The van der Waals surface area contributed by atoms with Gasteiger partial charge in [-0.1, -0.05) is 6.08 Å². The Bertz CT molecular complexity index is 1030. The second kappa shape index (κ2) is 6.92. The average Bonchev–Trinajstić information content (AvgIpc) is 3.30. The van der Waals surface area contributed by atoms with Gasteiger partial charge in [0, 0.05) is 29.8 Å². The van der Waals surface area contributed by atoms with E-state index in [0.29, 0.717) is 13.1 Å². The highest BCUT2D eigenvalue weighted by atomic mass is 16.9. The topological polar surface area (TPSA) is 101 Å². The van der Waals surface area contributed by atoms with E-state index in [9.17, 15) is 10.4 Å². The maximum absolute atomic E-state index is 11.7. The predicted octanol–water partition coefficient (Wildman–Crippen LogP) is 3.10. The van der Waals surface area contributed by atoms with Gasteiger partial charge in [0.25, 0.3) is 0 Å². The summed E-state index contributed by atoms with van der Waals surface area (Å²) in [6.07, 6.45) is 7.27. The Morgan fingerprint density at radius 1 is 1.18 bits per heavy atom. The Morgan fingerprint density at radius 2 is 1.96 bits per heavy atom. The van der Waals surface area contributed by atoms with Gasteiger partial charge < -0.3 is 10.2 Å². The summed E-state index contributed by atoms with van der Waals surface area (Å²) in [5.74, 6) is 0.741. The highest BCUT2D eigenvalue weighted by Gasteiger charge is 2.26. The molecule has 0 fully saturated rings. The first-order valence-corrected chi connectivity index (χ1v) is 9.01. The van der Waals surface area contributed by atoms with E-state index >= 15 is 0 Å². The molecule has 1 aliphatic heterocycles. The molecule has 0 saturated carbocycles. The van der Waals surface area contributed by atoms with Crippen LogP contribution in [0.15, 0.2) is 42.9 Å². The van der Waals surface area contributed by atoms with Crippen molar-refractivity contribution in [2.45, 2.75) is 13.8 Å². The Kier molecular flexibility index (Phi) is 4.56. The summed E-state index contributed by atoms with van der Waals surface area (Å²) in [5, 5.41) is 22.8. The molecular formula is C20H22N6O2. The molecule has 0 spiro atoms. The van der Waals surface area contributed by atoms with Gasteiger partial charge in [-0.15, -0.1) is 9.93 Å². The number of nitrogens with zero attached hydrogens (tertiary/aromatic N) is 5. The SMILES string of the molecule is Cc1nc(-c2cc(-c3cncc(C4=CCN([N+](C)([O-])O)C4)c3)ccn2)[nH]c1C. The van der Waals surface area contributed by atoms with Crippen LogP contribution in [-0.4, -0.2) is 55.2 Å². The molecule has 3 aromatic rings. The lowest BCUT2D eigenvalue weighted by molar-refractivity contribution is -1.14. The van der Waals surface area contributed by atoms with Crippen molar-refractivity contribution in [1.29, 1.82) is 0 Å². The van der Waals surface area contributed by atoms with Crippen molar-refractivity contribution in [3.63, 3.8) is 0 Å². The molecule has 28 heavy (non-hydrogen) atoms. The fraction of sp³-hybridized carbons (Fsp3) is 0.250. The first-order chi connectivity index (χ1) is 13.3. The van der Waals surface area contributed by atoms with Crippen LogP contribution in [0.4, 0.5) is 0 Å². The number of hydrogen-bond acceptors (Lipinski definition) is 6. The van der Waals surface area contributed by atoms with Crippen LogP contribution in [0.5, 0.6) is 0 Å². The highest BCUT2D eigenvalue weighted by Crippen LogP contribution is 2.28. The summed E-state index contributed by atoms with van der Waals surface area (Å²) in [7, 11) is 1.20. The predicted molar refractivity (Wildman–Crippen MR) is 105 cm³/mol. The summed E-state index contributed by atoms with van der Waals surface area (Å²) in [4.78, 5) is 15.1. The van der Waals surface area contributed by atoms with E-state index in [4.69, 9.17) is 0 Å². The third kappa shape index (κ3) is 3.58. The third-order valence-corrected chi connectivity index (χ3v) is 5.00. The van der Waals surface area contributed by atoms with Crippen molar-refractivity contribution < 1.29 is 10.1 Å². The van der Waals surface area contributed by atoms with E-state index in [1.165, 1.54) is 12.1 Å². The monoisotopic (exact) mass is 378 g/mol. The van der Waals surface area contributed by atoms with Crippen LogP contribution >= 0.6 is 0 Å². The van der Waals surface area contributed by atoms with E-state index < -0.39 is 4.92 Å². The van der Waals surface area contributed by atoms with Crippen molar-refractivity contribution in [1.82, 2.24) is 24.9 Å². The lowest BCUT2D eigenvalue weighted by atomic mass is 10.0. The fourth-order valence-corrected chi connectivity index (χ4v) is 3.22. The molecule has 0 bridgehead atoms. The maximum Gasteiger partial charge on any atom is 0.156 e. The standard InChI is InChI=1S/C20H22N6O2/c1-13-14(2)24-20(23-13)19-9-15(4-6-22-19)17-8-18(11-21-10-17)16-5-7-25(12-16)26(3,27)28/h4-6,8-11,27H,7,12H2,1-3H3,(H,23,24). The number of H-pyrrole nitrogens is 1. The summed E-state index contributed by atoms with van der Waals surface area (Å²) >= 11 is 0. The number of rotatable bonds is 4. The van der Waals surface area contributed by atoms with E-state index in [0.717, 1.165) is 45.2 Å². The molecule has 0 aliphatic carbocycles. The number of aromatic amines is 1. The van der Waals surface area contributed by atoms with Crippen LogP contribution in [0.1, 0.15) is 17.0 Å². The largest absolute Gasteiger partial charge is 0.578 e. The number of hydroxylamine groups is 2. The van der Waals surface area contributed by atoms with Gasteiger partial charge >= 0.3 is 0 Å². The van der Waals surface area contributed by atoms with E-state index in [1.54, 1.807) is 18.6 Å². The zero-order valence-corrected chi connectivity index (χ0v) is 16.0. The minimum absolute atomic E-state index is 0.369. The molecule has 2 N–H and O–H groups in total. The van der Waals surface area contributed by atoms with Gasteiger partial charge in [0.05, 0.1) is 18.8 Å². The van der Waals surface area contributed by atoms with Crippen LogP contribution in [0.25, 0.3) is 28.2 Å². The van der Waals surface area contributed by atoms with Gasteiger partial charge in [0.15, 0.2) is 5.82 Å². The number of nitrogens with one attached hydrogen (secondary N) is 1. The minimum Gasteiger partial charge on any atom is -0.578 e. The normalized spacial score (nSPS) is 16.8. The van der Waals surface area contributed by atoms with Crippen molar-refractivity contribution >= 4 is 5.57 Å². The van der Waals surface area contributed by atoms with Crippen LogP contribution in [0, 0.1) is 19.1 Å². The molecular weight excluding hydrogens is 356 g/mol. The molecule has 3 aromatic heterocycles. The molecule has 1 atom stereocenters. The average molecular weight is 378 g/mol. The lowest BCUT2D eigenvalue weighted by Crippen LogP contribution is -2.49. The quantitative estimate of drug-likeness (QED) is 0.534. The summed E-state index contributed by atoms with van der Waals surface area (Å²) < 4.78 is 0. The first kappa shape index (κ1) is 18.5. The minimum atomic E-state index is -1.43. The molecule has 4 heterocycles. The number of aromatic nitrogens is 4. The number of hydrogen-bond donors (Lipinski definition) is 2. The van der Waals surface area contributed by atoms with Gasteiger partial charge in [-0.3, -0.25) is 9.97 Å². The van der Waals surface area contributed by atoms with E-state index in [-0.39, 0.29) is 0 Å². The van der Waals surface area contributed by atoms with Crippen LogP contribution in [0.2, 0.25) is 0 Å². The Hall–Kier alpha value is -2.91. The van der Waals surface area contributed by atoms with Crippen molar-refractivity contribution in [3.05, 3.63) is 65.0 Å². The van der Waals surface area contributed by atoms with Crippen molar-refractivity contribution in [2.24, 2.45) is 0 Å². The molecule has 4 rings (SSSR count). The molecule has 8 heteroatoms. The van der Waals surface area contributed by atoms with Gasteiger partial charge in [0.2, 0.25) is 0 Å². The number of imidazole rings is 1. The Balaban J connectivity index is 1.63. The molecule has 0 amide bonds. The first-order valence-electron chi connectivity index (χ1n) is 9.01. The fourth-order valence-electron chi connectivity index (χ4n) is 3.22. The van der Waals surface area contributed by atoms with E-state index in [1.807, 2.05) is 38.1 Å². The molecule has 8 nitrogen and oxygen atoms in total. The molecule has 1 aliphatic rings. The van der Waals surface area contributed by atoms with Crippen LogP contribution in [0.3, 0.4) is 0 Å².